The Morgan fingerprint density at radius 1 is 0.650 bits per heavy atom. The number of aliphatic hydroxyl groups excluding tert-OH is 2. The molecule has 0 fully saturated rings. The molecule has 0 spiro atoms. The molecule has 0 saturated heterocycles. The van der Waals surface area contributed by atoms with Crippen LogP contribution in [0, 0.1) is 0 Å². The highest BCUT2D eigenvalue weighted by atomic mass is 16.3. The quantitative estimate of drug-likeness (QED) is 0.348. The molecule has 20 heavy (non-hydrogen) atoms. The van der Waals surface area contributed by atoms with E-state index < -0.39 is 12.2 Å². The first-order chi connectivity index (χ1) is 9.72. The zero-order valence-electron chi connectivity index (χ0n) is 13.5. The van der Waals surface area contributed by atoms with Crippen LogP contribution in [0.3, 0.4) is 0 Å². The first-order valence-corrected chi connectivity index (χ1v) is 8.49. The maximum atomic E-state index is 9.81. The fourth-order valence-corrected chi connectivity index (χ4v) is 2.13. The van der Waals surface area contributed by atoms with Crippen molar-refractivity contribution < 1.29 is 10.2 Å². The first-order valence-electron chi connectivity index (χ1n) is 8.49. The summed E-state index contributed by atoms with van der Waals surface area (Å²) in [5.74, 6) is 0. The van der Waals surface area contributed by atoms with E-state index in [4.69, 9.17) is 0 Å². The van der Waals surface area contributed by atoms with Gasteiger partial charge in [0, 0.05) is 13.1 Å². The van der Waals surface area contributed by atoms with E-state index in [2.05, 4.69) is 24.5 Å². The Morgan fingerprint density at radius 3 is 1.40 bits per heavy atom. The topological polar surface area (TPSA) is 64.5 Å². The zero-order chi connectivity index (χ0) is 15.1. The van der Waals surface area contributed by atoms with Crippen molar-refractivity contribution in [2.45, 2.75) is 77.4 Å². The van der Waals surface area contributed by atoms with Crippen LogP contribution in [0.2, 0.25) is 0 Å². The van der Waals surface area contributed by atoms with E-state index in [-0.39, 0.29) is 0 Å². The summed E-state index contributed by atoms with van der Waals surface area (Å²) in [4.78, 5) is 0. The van der Waals surface area contributed by atoms with Crippen molar-refractivity contribution in [1.29, 1.82) is 0 Å². The molecule has 0 rings (SSSR count). The lowest BCUT2D eigenvalue weighted by Gasteiger charge is -2.19. The second kappa shape index (κ2) is 15.2. The van der Waals surface area contributed by atoms with Crippen LogP contribution < -0.4 is 10.6 Å². The summed E-state index contributed by atoms with van der Waals surface area (Å²) in [6.07, 6.45) is 8.44. The second-order valence-electron chi connectivity index (χ2n) is 5.66. The summed E-state index contributed by atoms with van der Waals surface area (Å²) < 4.78 is 0. The number of unbranched alkanes of at least 4 members (excludes halogenated alkanes) is 6. The van der Waals surface area contributed by atoms with Gasteiger partial charge in [-0.1, -0.05) is 52.4 Å². The summed E-state index contributed by atoms with van der Waals surface area (Å²) in [5.41, 5.74) is 0. The third-order valence-electron chi connectivity index (χ3n) is 3.57. The maximum absolute atomic E-state index is 9.81. The number of rotatable bonds is 15. The third-order valence-corrected chi connectivity index (χ3v) is 3.57. The van der Waals surface area contributed by atoms with E-state index >= 15 is 0 Å². The zero-order valence-corrected chi connectivity index (χ0v) is 13.5. The van der Waals surface area contributed by atoms with Crippen LogP contribution in [0.5, 0.6) is 0 Å². The summed E-state index contributed by atoms with van der Waals surface area (Å²) in [6, 6.07) is 0. The Bertz CT molecular complexity index is 171. The molecule has 2 unspecified atom stereocenters. The van der Waals surface area contributed by atoms with Crippen molar-refractivity contribution in [1.82, 2.24) is 10.6 Å². The smallest absolute Gasteiger partial charge is 0.0935 e. The minimum atomic E-state index is -0.677. The van der Waals surface area contributed by atoms with E-state index in [0.717, 1.165) is 25.9 Å². The highest BCUT2D eigenvalue weighted by Gasteiger charge is 2.14. The summed E-state index contributed by atoms with van der Waals surface area (Å²) in [7, 11) is 0. The van der Waals surface area contributed by atoms with Gasteiger partial charge in [0.1, 0.15) is 0 Å². The van der Waals surface area contributed by atoms with Crippen molar-refractivity contribution in [3.8, 4) is 0 Å². The van der Waals surface area contributed by atoms with Gasteiger partial charge in [0.15, 0.2) is 0 Å². The molecule has 4 heteroatoms. The fourth-order valence-electron chi connectivity index (χ4n) is 2.13. The summed E-state index contributed by atoms with van der Waals surface area (Å²) in [6.45, 7) is 7.20. The van der Waals surface area contributed by atoms with E-state index in [1.807, 2.05) is 0 Å². The molecular weight excluding hydrogens is 252 g/mol. The van der Waals surface area contributed by atoms with Gasteiger partial charge in [-0.15, -0.1) is 0 Å². The highest BCUT2D eigenvalue weighted by molar-refractivity contribution is 4.71. The van der Waals surface area contributed by atoms with Gasteiger partial charge in [-0.2, -0.15) is 0 Å². The van der Waals surface area contributed by atoms with Crippen LogP contribution in [0.1, 0.15) is 65.2 Å². The minimum absolute atomic E-state index is 0.477. The third kappa shape index (κ3) is 12.9. The van der Waals surface area contributed by atoms with Crippen LogP contribution in [0.4, 0.5) is 0 Å². The van der Waals surface area contributed by atoms with Crippen LogP contribution in [-0.4, -0.2) is 48.6 Å². The Labute approximate surface area is 125 Å². The normalized spacial score (nSPS) is 14.4. The van der Waals surface area contributed by atoms with Crippen molar-refractivity contribution in [2.24, 2.45) is 0 Å². The number of aliphatic hydroxyl groups is 2. The Hall–Kier alpha value is -0.160. The fraction of sp³-hybridized carbons (Fsp3) is 1.00. The van der Waals surface area contributed by atoms with Gasteiger partial charge < -0.3 is 20.8 Å². The maximum Gasteiger partial charge on any atom is 0.0935 e. The van der Waals surface area contributed by atoms with Crippen molar-refractivity contribution in [3.05, 3.63) is 0 Å². The van der Waals surface area contributed by atoms with Gasteiger partial charge in [-0.05, 0) is 25.9 Å². The van der Waals surface area contributed by atoms with Crippen LogP contribution >= 0.6 is 0 Å². The average Bonchev–Trinajstić information content (AvgIpc) is 2.45. The van der Waals surface area contributed by atoms with Gasteiger partial charge in [-0.25, -0.2) is 0 Å². The molecule has 0 aromatic carbocycles. The molecule has 2 atom stereocenters. The van der Waals surface area contributed by atoms with E-state index in [1.165, 1.54) is 38.5 Å². The number of nitrogens with one attached hydrogen (secondary N) is 2. The van der Waals surface area contributed by atoms with Gasteiger partial charge in [0.2, 0.25) is 0 Å². The van der Waals surface area contributed by atoms with Crippen LogP contribution in [-0.2, 0) is 0 Å². The van der Waals surface area contributed by atoms with Gasteiger partial charge >= 0.3 is 0 Å². The second-order valence-corrected chi connectivity index (χ2v) is 5.66. The van der Waals surface area contributed by atoms with Crippen LogP contribution in [0.15, 0.2) is 0 Å². The molecule has 0 heterocycles. The van der Waals surface area contributed by atoms with Gasteiger partial charge in [-0.3, -0.25) is 0 Å². The Kier molecular flexibility index (Phi) is 15.1. The molecule has 4 nitrogen and oxygen atoms in total. The van der Waals surface area contributed by atoms with Crippen molar-refractivity contribution in [2.75, 3.05) is 26.2 Å². The van der Waals surface area contributed by atoms with E-state index in [0.29, 0.717) is 13.1 Å². The van der Waals surface area contributed by atoms with Gasteiger partial charge in [0.25, 0.3) is 0 Å². The largest absolute Gasteiger partial charge is 0.389 e. The number of hydrogen-bond donors (Lipinski definition) is 4. The summed E-state index contributed by atoms with van der Waals surface area (Å²) >= 11 is 0. The predicted molar refractivity (Wildman–Crippen MR) is 86.0 cm³/mol. The predicted octanol–water partition coefficient (Wildman–Crippen LogP) is 2.05. The Balaban J connectivity index is 3.35. The van der Waals surface area contributed by atoms with Crippen molar-refractivity contribution in [3.63, 3.8) is 0 Å². The molecule has 0 aliphatic carbocycles. The standard InChI is InChI=1S/C16H36N2O2/c1-3-5-7-9-11-17-13-15(19)16(20)14-18-12-10-8-6-4-2/h15-20H,3-14H2,1-2H3. The highest BCUT2D eigenvalue weighted by Crippen LogP contribution is 1.99. The lowest BCUT2D eigenvalue weighted by Crippen LogP contribution is -2.42. The Morgan fingerprint density at radius 2 is 1.05 bits per heavy atom. The minimum Gasteiger partial charge on any atom is -0.389 e. The lowest BCUT2D eigenvalue weighted by atomic mass is 10.1. The molecule has 122 valence electrons. The van der Waals surface area contributed by atoms with E-state index in [9.17, 15) is 10.2 Å². The molecular formula is C16H36N2O2. The molecule has 0 aromatic rings. The lowest BCUT2D eigenvalue weighted by molar-refractivity contribution is 0.0210. The van der Waals surface area contributed by atoms with Crippen molar-refractivity contribution >= 4 is 0 Å². The van der Waals surface area contributed by atoms with Gasteiger partial charge in [0.05, 0.1) is 12.2 Å². The molecule has 0 bridgehead atoms. The van der Waals surface area contributed by atoms with Crippen LogP contribution in [0.25, 0.3) is 0 Å². The first kappa shape index (κ1) is 19.8. The molecule has 0 aliphatic rings. The average molecular weight is 288 g/mol. The number of hydrogen-bond acceptors (Lipinski definition) is 4. The molecule has 4 N–H and O–H groups in total. The van der Waals surface area contributed by atoms with E-state index in [1.54, 1.807) is 0 Å². The summed E-state index contributed by atoms with van der Waals surface area (Å²) in [5, 5.41) is 26.0. The SMILES string of the molecule is CCCCCCNCC(O)C(O)CNCCCCCC. The monoisotopic (exact) mass is 288 g/mol. The molecule has 0 aliphatic heterocycles. The molecule has 0 saturated carbocycles. The molecule has 0 radical (unpaired) electrons. The molecule has 0 amide bonds. The molecule has 0 aromatic heterocycles.